The number of rotatable bonds is 4. The lowest BCUT2D eigenvalue weighted by atomic mass is 9.97. The molecule has 0 bridgehead atoms. The maximum atomic E-state index is 11.5. The smallest absolute Gasteiger partial charge is 0.184 e. The summed E-state index contributed by atoms with van der Waals surface area (Å²) in [4.78, 5) is 13.3. The lowest BCUT2D eigenvalue weighted by Crippen LogP contribution is -2.13. The maximum Gasteiger partial charge on any atom is 0.184 e. The van der Waals surface area contributed by atoms with Gasteiger partial charge < -0.3 is 14.7 Å². The van der Waals surface area contributed by atoms with Crippen LogP contribution in [0.2, 0.25) is 0 Å². The molecule has 1 N–H and O–H groups in total. The molecular formula is C16H17NO3. The number of anilines is 1. The van der Waals surface area contributed by atoms with Crippen LogP contribution in [-0.2, 0) is 0 Å². The molecule has 0 atom stereocenters. The van der Waals surface area contributed by atoms with E-state index in [4.69, 9.17) is 4.74 Å². The van der Waals surface area contributed by atoms with Gasteiger partial charge in [0.2, 0.25) is 0 Å². The number of ether oxygens (including phenoxy) is 1. The van der Waals surface area contributed by atoms with Crippen LogP contribution in [0.5, 0.6) is 11.5 Å². The van der Waals surface area contributed by atoms with Gasteiger partial charge in [-0.15, -0.1) is 0 Å². The Kier molecular flexibility index (Phi) is 3.94. The van der Waals surface area contributed by atoms with Gasteiger partial charge in [0.1, 0.15) is 0 Å². The van der Waals surface area contributed by atoms with Crippen molar-refractivity contribution in [3.05, 3.63) is 42.0 Å². The maximum absolute atomic E-state index is 11.5. The summed E-state index contributed by atoms with van der Waals surface area (Å²) in [7, 11) is 5.08. The van der Waals surface area contributed by atoms with Gasteiger partial charge in [0.25, 0.3) is 0 Å². The molecule has 20 heavy (non-hydrogen) atoms. The second kappa shape index (κ2) is 5.65. The number of carbonyl (C=O) groups is 1. The number of aromatic hydroxyl groups is 1. The number of nitrogens with zero attached hydrogens (tertiary/aromatic N) is 1. The molecule has 0 aliphatic carbocycles. The van der Waals surface area contributed by atoms with Crippen molar-refractivity contribution in [1.82, 2.24) is 0 Å². The van der Waals surface area contributed by atoms with E-state index in [1.165, 1.54) is 7.11 Å². The highest BCUT2D eigenvalue weighted by atomic mass is 16.5. The monoisotopic (exact) mass is 271 g/mol. The number of phenolic OH excluding ortho intramolecular Hbond substituents is 1. The minimum atomic E-state index is 0.0145. The van der Waals surface area contributed by atoms with Crippen molar-refractivity contribution < 1.29 is 14.6 Å². The van der Waals surface area contributed by atoms with Gasteiger partial charge in [-0.3, -0.25) is 4.79 Å². The Morgan fingerprint density at radius 2 is 1.85 bits per heavy atom. The Morgan fingerprint density at radius 1 is 1.20 bits per heavy atom. The van der Waals surface area contributed by atoms with Crippen molar-refractivity contribution in [3.8, 4) is 22.6 Å². The SMILES string of the molecule is COc1c(O)cc(-c2ccccc2)c(C=O)c1N(C)C. The highest BCUT2D eigenvalue weighted by Gasteiger charge is 2.20. The van der Waals surface area contributed by atoms with Crippen LogP contribution >= 0.6 is 0 Å². The molecule has 0 saturated heterocycles. The quantitative estimate of drug-likeness (QED) is 0.869. The zero-order valence-corrected chi connectivity index (χ0v) is 11.8. The summed E-state index contributed by atoms with van der Waals surface area (Å²) in [6.07, 6.45) is 0.791. The predicted octanol–water partition coefficient (Wildman–Crippen LogP) is 2.95. The molecule has 0 fully saturated rings. The number of carbonyl (C=O) groups excluding carboxylic acids is 1. The van der Waals surface area contributed by atoms with Gasteiger partial charge in [0, 0.05) is 19.7 Å². The molecule has 2 aromatic carbocycles. The van der Waals surface area contributed by atoms with Crippen LogP contribution in [0.4, 0.5) is 5.69 Å². The molecule has 0 aliphatic heterocycles. The Balaban J connectivity index is 2.80. The predicted molar refractivity (Wildman–Crippen MR) is 79.8 cm³/mol. The number of phenols is 1. The molecule has 0 amide bonds. The van der Waals surface area contributed by atoms with Crippen molar-refractivity contribution >= 4 is 12.0 Å². The van der Waals surface area contributed by atoms with Gasteiger partial charge in [0.05, 0.1) is 12.8 Å². The van der Waals surface area contributed by atoms with Crippen molar-refractivity contribution in [1.29, 1.82) is 0 Å². The summed E-state index contributed by atoms with van der Waals surface area (Å²) in [6, 6.07) is 11.0. The van der Waals surface area contributed by atoms with Gasteiger partial charge in [-0.05, 0) is 17.2 Å². The number of benzene rings is 2. The Bertz CT molecular complexity index is 621. The van der Waals surface area contributed by atoms with Crippen molar-refractivity contribution in [2.45, 2.75) is 0 Å². The number of hydrogen-bond acceptors (Lipinski definition) is 4. The summed E-state index contributed by atoms with van der Waals surface area (Å²) in [6.45, 7) is 0. The van der Waals surface area contributed by atoms with Crippen LogP contribution in [-0.4, -0.2) is 32.6 Å². The normalized spacial score (nSPS) is 10.2. The number of aldehydes is 1. The van der Waals surface area contributed by atoms with E-state index in [0.29, 0.717) is 22.6 Å². The number of methoxy groups -OCH3 is 1. The molecular weight excluding hydrogens is 254 g/mol. The van der Waals surface area contributed by atoms with Crippen LogP contribution in [0.1, 0.15) is 10.4 Å². The summed E-state index contributed by atoms with van der Waals surface area (Å²) in [5, 5.41) is 10.1. The van der Waals surface area contributed by atoms with Crippen LogP contribution in [0, 0.1) is 0 Å². The van der Waals surface area contributed by atoms with Crippen molar-refractivity contribution in [3.63, 3.8) is 0 Å². The minimum absolute atomic E-state index is 0.0145. The van der Waals surface area contributed by atoms with Gasteiger partial charge >= 0.3 is 0 Å². The summed E-state index contributed by atoms with van der Waals surface area (Å²) in [5.74, 6) is 0.317. The fourth-order valence-electron chi connectivity index (χ4n) is 2.27. The largest absolute Gasteiger partial charge is 0.504 e. The molecule has 4 nitrogen and oxygen atoms in total. The first-order chi connectivity index (χ1) is 9.60. The Labute approximate surface area is 118 Å². The summed E-state index contributed by atoms with van der Waals surface area (Å²) < 4.78 is 5.22. The van der Waals surface area contributed by atoms with Crippen LogP contribution in [0.25, 0.3) is 11.1 Å². The topological polar surface area (TPSA) is 49.8 Å². The Hall–Kier alpha value is -2.49. The van der Waals surface area contributed by atoms with E-state index in [2.05, 4.69) is 0 Å². The lowest BCUT2D eigenvalue weighted by molar-refractivity contribution is 0.112. The fourth-order valence-corrected chi connectivity index (χ4v) is 2.27. The average molecular weight is 271 g/mol. The molecule has 0 aromatic heterocycles. The van der Waals surface area contributed by atoms with Gasteiger partial charge in [-0.25, -0.2) is 0 Å². The molecule has 0 radical (unpaired) electrons. The third kappa shape index (κ3) is 2.32. The van der Waals surface area contributed by atoms with Crippen molar-refractivity contribution in [2.75, 3.05) is 26.1 Å². The van der Waals surface area contributed by atoms with Gasteiger partial charge in [0.15, 0.2) is 17.8 Å². The van der Waals surface area contributed by atoms with E-state index in [1.807, 2.05) is 30.3 Å². The average Bonchev–Trinajstić information content (AvgIpc) is 2.46. The second-order valence-corrected chi connectivity index (χ2v) is 4.62. The third-order valence-corrected chi connectivity index (χ3v) is 3.13. The van der Waals surface area contributed by atoms with Gasteiger partial charge in [-0.1, -0.05) is 30.3 Å². The van der Waals surface area contributed by atoms with E-state index >= 15 is 0 Å². The summed E-state index contributed by atoms with van der Waals surface area (Å²) >= 11 is 0. The second-order valence-electron chi connectivity index (χ2n) is 4.62. The number of hydrogen-bond donors (Lipinski definition) is 1. The molecule has 2 aromatic rings. The minimum Gasteiger partial charge on any atom is -0.504 e. The standard InChI is InChI=1S/C16H17NO3/c1-17(2)15-13(10-18)12(9-14(19)16(15)20-3)11-7-5-4-6-8-11/h4-10,19H,1-3H3. The first kappa shape index (κ1) is 13.9. The molecule has 0 heterocycles. The molecule has 0 spiro atoms. The van der Waals surface area contributed by atoms with Crippen LogP contribution < -0.4 is 9.64 Å². The van der Waals surface area contributed by atoms with Crippen molar-refractivity contribution in [2.24, 2.45) is 0 Å². The third-order valence-electron chi connectivity index (χ3n) is 3.13. The zero-order chi connectivity index (χ0) is 14.7. The molecule has 0 unspecified atom stereocenters. The van der Waals surface area contributed by atoms with Gasteiger partial charge in [-0.2, -0.15) is 0 Å². The highest BCUT2D eigenvalue weighted by Crippen LogP contribution is 2.43. The van der Waals surface area contributed by atoms with E-state index in [1.54, 1.807) is 25.1 Å². The lowest BCUT2D eigenvalue weighted by Gasteiger charge is -2.22. The van der Waals surface area contributed by atoms with E-state index in [9.17, 15) is 9.90 Å². The molecule has 2 rings (SSSR count). The molecule has 4 heteroatoms. The molecule has 104 valence electrons. The van der Waals surface area contributed by atoms with E-state index < -0.39 is 0 Å². The molecule has 0 saturated carbocycles. The fraction of sp³-hybridized carbons (Fsp3) is 0.188. The van der Waals surface area contributed by atoms with E-state index in [0.717, 1.165) is 11.8 Å². The van der Waals surface area contributed by atoms with E-state index in [-0.39, 0.29) is 5.75 Å². The van der Waals surface area contributed by atoms with Crippen LogP contribution in [0.15, 0.2) is 36.4 Å². The van der Waals surface area contributed by atoms with Crippen LogP contribution in [0.3, 0.4) is 0 Å². The summed E-state index contributed by atoms with van der Waals surface area (Å²) in [5.41, 5.74) is 2.62. The first-order valence-corrected chi connectivity index (χ1v) is 6.22. The molecule has 0 aliphatic rings. The highest BCUT2D eigenvalue weighted by molar-refractivity contribution is 5.98. The zero-order valence-electron chi connectivity index (χ0n) is 11.8. The Morgan fingerprint density at radius 3 is 2.35 bits per heavy atom. The first-order valence-electron chi connectivity index (χ1n) is 6.22.